The molecule has 0 saturated heterocycles. The second-order valence-corrected chi connectivity index (χ2v) is 3.39. The summed E-state index contributed by atoms with van der Waals surface area (Å²) in [5.74, 6) is 1.74. The molecule has 88 valence electrons. The molecule has 0 amide bonds. The number of benzene rings is 1. The van der Waals surface area contributed by atoms with Crippen LogP contribution in [0.4, 0.5) is 0 Å². The zero-order chi connectivity index (χ0) is 11.8. The smallest absolute Gasteiger partial charge is 0.161 e. The summed E-state index contributed by atoms with van der Waals surface area (Å²) in [6, 6.07) is 5.32. The molecule has 4 heteroatoms. The van der Waals surface area contributed by atoms with Crippen LogP contribution in [0, 0.1) is 0 Å². The molecule has 0 unspecified atom stereocenters. The molecule has 0 saturated carbocycles. The van der Waals surface area contributed by atoms with Gasteiger partial charge in [-0.25, -0.2) is 0 Å². The minimum atomic E-state index is -0.0111. The van der Waals surface area contributed by atoms with Gasteiger partial charge in [-0.3, -0.25) is 0 Å². The van der Waals surface area contributed by atoms with E-state index in [4.69, 9.17) is 26.2 Å². The van der Waals surface area contributed by atoms with Crippen LogP contribution in [-0.4, -0.2) is 24.7 Å². The van der Waals surface area contributed by atoms with E-state index in [-0.39, 0.29) is 6.61 Å². The van der Waals surface area contributed by atoms with Gasteiger partial charge in [0.1, 0.15) is 6.61 Å². The topological polar surface area (TPSA) is 38.7 Å². The van der Waals surface area contributed by atoms with Crippen LogP contribution < -0.4 is 9.47 Å². The van der Waals surface area contributed by atoms with Crippen LogP contribution in [0.25, 0.3) is 0 Å². The molecule has 0 aliphatic heterocycles. The van der Waals surface area contributed by atoms with Crippen LogP contribution in [0.1, 0.15) is 5.56 Å². The normalized spacial score (nSPS) is 10.7. The van der Waals surface area contributed by atoms with E-state index in [0.29, 0.717) is 24.0 Å². The first-order valence-corrected chi connectivity index (χ1v) is 5.46. The van der Waals surface area contributed by atoms with Gasteiger partial charge in [0.25, 0.3) is 0 Å². The van der Waals surface area contributed by atoms with Gasteiger partial charge < -0.3 is 14.6 Å². The van der Waals surface area contributed by atoms with Crippen molar-refractivity contribution in [3.05, 3.63) is 35.9 Å². The van der Waals surface area contributed by atoms with Gasteiger partial charge in [-0.1, -0.05) is 18.2 Å². The van der Waals surface area contributed by atoms with Gasteiger partial charge in [0.05, 0.1) is 13.7 Å². The van der Waals surface area contributed by atoms with E-state index >= 15 is 0 Å². The molecule has 1 N–H and O–H groups in total. The number of hydrogen-bond donors (Lipinski definition) is 1. The molecule has 0 atom stereocenters. The Hall–Kier alpha value is -1.19. The summed E-state index contributed by atoms with van der Waals surface area (Å²) in [5.41, 5.74) is 0.792. The Bertz CT molecular complexity index is 350. The summed E-state index contributed by atoms with van der Waals surface area (Å²) in [7, 11) is 1.57. The first-order chi connectivity index (χ1) is 7.81. The highest BCUT2D eigenvalue weighted by Crippen LogP contribution is 2.27. The van der Waals surface area contributed by atoms with Gasteiger partial charge in [0.2, 0.25) is 0 Å². The largest absolute Gasteiger partial charge is 0.493 e. The van der Waals surface area contributed by atoms with Gasteiger partial charge in [0, 0.05) is 5.88 Å². The molecule has 3 nitrogen and oxygen atoms in total. The van der Waals surface area contributed by atoms with Crippen LogP contribution in [-0.2, 0) is 6.61 Å². The van der Waals surface area contributed by atoms with E-state index < -0.39 is 0 Å². The van der Waals surface area contributed by atoms with Crippen molar-refractivity contribution in [2.45, 2.75) is 6.61 Å². The van der Waals surface area contributed by atoms with E-state index in [2.05, 4.69) is 0 Å². The van der Waals surface area contributed by atoms with Crippen molar-refractivity contribution in [3.8, 4) is 11.5 Å². The van der Waals surface area contributed by atoms with Crippen molar-refractivity contribution in [3.63, 3.8) is 0 Å². The van der Waals surface area contributed by atoms with Gasteiger partial charge >= 0.3 is 0 Å². The quantitative estimate of drug-likeness (QED) is 0.615. The lowest BCUT2D eigenvalue weighted by Crippen LogP contribution is -1.97. The Morgan fingerprint density at radius 1 is 1.31 bits per heavy atom. The molecule has 0 aromatic heterocycles. The summed E-state index contributed by atoms with van der Waals surface area (Å²) in [6.07, 6.45) is 3.66. The van der Waals surface area contributed by atoms with Gasteiger partial charge in [-0.15, -0.1) is 11.6 Å². The van der Waals surface area contributed by atoms with E-state index in [1.165, 1.54) is 0 Å². The molecule has 0 radical (unpaired) electrons. The minimum absolute atomic E-state index is 0.0111. The van der Waals surface area contributed by atoms with E-state index in [1.54, 1.807) is 25.3 Å². The van der Waals surface area contributed by atoms with E-state index in [0.717, 1.165) is 5.56 Å². The standard InChI is InChI=1S/C12H15ClO3/c1-15-12-8-10(9-14)4-5-11(12)16-7-3-2-6-13/h2-5,8,14H,6-7,9H2,1H3/b3-2-. The average Bonchev–Trinajstić information content (AvgIpc) is 2.34. The second kappa shape index (κ2) is 7.14. The highest BCUT2D eigenvalue weighted by atomic mass is 35.5. The highest BCUT2D eigenvalue weighted by Gasteiger charge is 2.04. The van der Waals surface area contributed by atoms with Crippen LogP contribution in [0.5, 0.6) is 11.5 Å². The molecule has 0 heterocycles. The second-order valence-electron chi connectivity index (χ2n) is 3.08. The van der Waals surface area contributed by atoms with Crippen molar-refractivity contribution < 1.29 is 14.6 Å². The number of alkyl halides is 1. The fourth-order valence-corrected chi connectivity index (χ4v) is 1.32. The summed E-state index contributed by atoms with van der Waals surface area (Å²) >= 11 is 5.49. The monoisotopic (exact) mass is 242 g/mol. The number of hydrogen-bond acceptors (Lipinski definition) is 3. The lowest BCUT2D eigenvalue weighted by molar-refractivity contribution is 0.279. The number of ether oxygens (including phenoxy) is 2. The first kappa shape index (κ1) is 12.9. The van der Waals surface area contributed by atoms with Gasteiger partial charge in [-0.2, -0.15) is 0 Å². The van der Waals surface area contributed by atoms with Crippen LogP contribution in [0.15, 0.2) is 30.4 Å². The van der Waals surface area contributed by atoms with Crippen LogP contribution in [0.2, 0.25) is 0 Å². The van der Waals surface area contributed by atoms with Crippen molar-refractivity contribution in [2.24, 2.45) is 0 Å². The third-order valence-electron chi connectivity index (χ3n) is 2.00. The number of aliphatic hydroxyl groups excluding tert-OH is 1. The van der Waals surface area contributed by atoms with E-state index in [1.807, 2.05) is 12.2 Å². The molecule has 0 bridgehead atoms. The zero-order valence-electron chi connectivity index (χ0n) is 9.15. The molecule has 0 fully saturated rings. The number of aliphatic hydroxyl groups is 1. The summed E-state index contributed by atoms with van der Waals surface area (Å²) in [4.78, 5) is 0. The first-order valence-electron chi connectivity index (χ1n) is 4.93. The summed E-state index contributed by atoms with van der Waals surface area (Å²) < 4.78 is 10.6. The Morgan fingerprint density at radius 3 is 2.75 bits per heavy atom. The SMILES string of the molecule is COc1cc(CO)ccc1OC/C=C\CCl. The zero-order valence-corrected chi connectivity index (χ0v) is 9.91. The van der Waals surface area contributed by atoms with Crippen molar-refractivity contribution >= 4 is 11.6 Å². The third kappa shape index (κ3) is 3.76. The fraction of sp³-hybridized carbons (Fsp3) is 0.333. The number of halogens is 1. The number of methoxy groups -OCH3 is 1. The molecule has 0 aliphatic rings. The maximum atomic E-state index is 8.97. The molecule has 1 rings (SSSR count). The third-order valence-corrected chi connectivity index (χ3v) is 2.18. The van der Waals surface area contributed by atoms with Crippen molar-refractivity contribution in [2.75, 3.05) is 19.6 Å². The molecular formula is C12H15ClO3. The minimum Gasteiger partial charge on any atom is -0.493 e. The predicted molar refractivity (Wildman–Crippen MR) is 64.3 cm³/mol. The van der Waals surface area contributed by atoms with E-state index in [9.17, 15) is 0 Å². The predicted octanol–water partition coefficient (Wildman–Crippen LogP) is 2.36. The Kier molecular flexibility index (Phi) is 5.75. The molecular weight excluding hydrogens is 228 g/mol. The molecule has 16 heavy (non-hydrogen) atoms. The molecule has 1 aromatic rings. The van der Waals surface area contributed by atoms with Gasteiger partial charge in [0.15, 0.2) is 11.5 Å². The summed E-state index contributed by atoms with van der Waals surface area (Å²) in [5, 5.41) is 8.97. The fourth-order valence-electron chi connectivity index (χ4n) is 1.20. The Labute approximate surface area is 100 Å². The lowest BCUT2D eigenvalue weighted by Gasteiger charge is -2.10. The maximum absolute atomic E-state index is 8.97. The number of rotatable bonds is 6. The molecule has 1 aromatic carbocycles. The molecule has 0 spiro atoms. The molecule has 0 aliphatic carbocycles. The number of allylic oxidation sites excluding steroid dienone is 1. The average molecular weight is 243 g/mol. The highest BCUT2D eigenvalue weighted by molar-refractivity contribution is 6.18. The Balaban J connectivity index is 2.68. The van der Waals surface area contributed by atoms with Crippen molar-refractivity contribution in [1.82, 2.24) is 0 Å². The Morgan fingerprint density at radius 2 is 2.12 bits per heavy atom. The maximum Gasteiger partial charge on any atom is 0.161 e. The summed E-state index contributed by atoms with van der Waals surface area (Å²) in [6.45, 7) is 0.435. The van der Waals surface area contributed by atoms with Crippen molar-refractivity contribution in [1.29, 1.82) is 0 Å². The van der Waals surface area contributed by atoms with Gasteiger partial charge in [-0.05, 0) is 17.7 Å². The lowest BCUT2D eigenvalue weighted by atomic mass is 10.2. The van der Waals surface area contributed by atoms with Crippen LogP contribution >= 0.6 is 11.6 Å². The van der Waals surface area contributed by atoms with Crippen LogP contribution in [0.3, 0.4) is 0 Å².